The van der Waals surface area contributed by atoms with Crippen LogP contribution in [0.1, 0.15) is 6.42 Å². The molecule has 0 bridgehead atoms. The summed E-state index contributed by atoms with van der Waals surface area (Å²) in [5.41, 5.74) is 0.655. The van der Waals surface area contributed by atoms with Gasteiger partial charge in [0.2, 0.25) is 0 Å². The number of hydrogen-bond donors (Lipinski definition) is 2. The Balaban J connectivity index is 1.62. The zero-order valence-electron chi connectivity index (χ0n) is 11.4. The average molecular weight is 306 g/mol. The number of amides is 2. The van der Waals surface area contributed by atoms with Gasteiger partial charge in [0, 0.05) is 12.7 Å². The highest BCUT2D eigenvalue weighted by atomic mass is 35.5. The van der Waals surface area contributed by atoms with Crippen LogP contribution in [0, 0.1) is 0 Å². The van der Waals surface area contributed by atoms with Gasteiger partial charge in [0.05, 0.1) is 23.5 Å². The van der Waals surface area contributed by atoms with Crippen LogP contribution in [0.5, 0.6) is 5.75 Å². The Morgan fingerprint density at radius 1 is 1.24 bits per heavy atom. The molecule has 1 aromatic carbocycles. The Morgan fingerprint density at radius 2 is 2.10 bits per heavy atom. The number of para-hydroxylation sites is 1. The minimum absolute atomic E-state index is 0.263. The lowest BCUT2D eigenvalue weighted by Gasteiger charge is -2.09. The van der Waals surface area contributed by atoms with E-state index in [-0.39, 0.29) is 6.03 Å². The number of rotatable bonds is 6. The van der Waals surface area contributed by atoms with Crippen molar-refractivity contribution < 1.29 is 9.53 Å². The number of anilines is 1. The summed E-state index contributed by atoms with van der Waals surface area (Å²) in [7, 11) is 0. The molecule has 0 unspecified atom stereocenters. The summed E-state index contributed by atoms with van der Waals surface area (Å²) >= 11 is 5.97. The number of pyridine rings is 1. The Bertz CT molecular complexity index is 578. The maximum Gasteiger partial charge on any atom is 0.319 e. The number of nitrogens with zero attached hydrogens (tertiary/aromatic N) is 1. The van der Waals surface area contributed by atoms with Crippen molar-refractivity contribution >= 4 is 23.3 Å². The fourth-order valence-electron chi connectivity index (χ4n) is 1.63. The summed E-state index contributed by atoms with van der Waals surface area (Å²) in [4.78, 5) is 15.5. The van der Waals surface area contributed by atoms with Gasteiger partial charge < -0.3 is 15.4 Å². The van der Waals surface area contributed by atoms with E-state index in [2.05, 4.69) is 15.6 Å². The van der Waals surface area contributed by atoms with E-state index >= 15 is 0 Å². The molecular formula is C15H16ClN3O2. The van der Waals surface area contributed by atoms with Gasteiger partial charge >= 0.3 is 6.03 Å². The van der Waals surface area contributed by atoms with Crippen LogP contribution in [0.2, 0.25) is 5.02 Å². The summed E-state index contributed by atoms with van der Waals surface area (Å²) in [6.45, 7) is 0.994. The Hall–Kier alpha value is -2.27. The molecule has 0 saturated heterocycles. The van der Waals surface area contributed by atoms with Gasteiger partial charge in [0.15, 0.2) is 0 Å². The molecule has 0 atom stereocenters. The molecule has 2 N–H and O–H groups in total. The number of hydrogen-bond acceptors (Lipinski definition) is 3. The molecule has 6 heteroatoms. The van der Waals surface area contributed by atoms with Gasteiger partial charge in [0.25, 0.3) is 0 Å². The predicted molar refractivity (Wildman–Crippen MR) is 82.8 cm³/mol. The van der Waals surface area contributed by atoms with Crippen molar-refractivity contribution in [1.82, 2.24) is 10.3 Å². The van der Waals surface area contributed by atoms with Crippen molar-refractivity contribution in [2.24, 2.45) is 0 Å². The molecule has 2 aromatic rings. The van der Waals surface area contributed by atoms with E-state index in [1.807, 2.05) is 18.2 Å². The molecule has 1 aromatic heterocycles. The lowest BCUT2D eigenvalue weighted by Crippen LogP contribution is -2.30. The fourth-order valence-corrected chi connectivity index (χ4v) is 1.82. The molecule has 0 radical (unpaired) electrons. The number of nitrogens with one attached hydrogen (secondary N) is 2. The standard InChI is InChI=1S/C15H16ClN3O2/c16-13-6-1-2-7-14(13)21-10-4-9-18-15(20)19-12-5-3-8-17-11-12/h1-3,5-8,11H,4,9-10H2,(H2,18,19,20). The van der Waals surface area contributed by atoms with Crippen molar-refractivity contribution in [1.29, 1.82) is 0 Å². The summed E-state index contributed by atoms with van der Waals surface area (Å²) in [6, 6.07) is 10.6. The number of aromatic nitrogens is 1. The van der Waals surface area contributed by atoms with Crippen molar-refractivity contribution in [3.05, 3.63) is 53.8 Å². The lowest BCUT2D eigenvalue weighted by atomic mass is 10.3. The van der Waals surface area contributed by atoms with Crippen LogP contribution in [-0.4, -0.2) is 24.2 Å². The minimum atomic E-state index is -0.263. The van der Waals surface area contributed by atoms with E-state index in [9.17, 15) is 4.79 Å². The van der Waals surface area contributed by atoms with E-state index in [1.165, 1.54) is 0 Å². The second-order valence-corrected chi connectivity index (χ2v) is 4.66. The lowest BCUT2D eigenvalue weighted by molar-refractivity contribution is 0.250. The van der Waals surface area contributed by atoms with Gasteiger partial charge in [-0.25, -0.2) is 4.79 Å². The van der Waals surface area contributed by atoms with Crippen LogP contribution in [0.25, 0.3) is 0 Å². The summed E-state index contributed by atoms with van der Waals surface area (Å²) in [6.07, 6.45) is 3.92. The number of ether oxygens (including phenoxy) is 1. The third-order valence-corrected chi connectivity index (χ3v) is 2.93. The fraction of sp³-hybridized carbons (Fsp3) is 0.200. The van der Waals surface area contributed by atoms with Crippen molar-refractivity contribution in [3.63, 3.8) is 0 Å². The number of carbonyl (C=O) groups excluding carboxylic acids is 1. The molecule has 0 saturated carbocycles. The summed E-state index contributed by atoms with van der Waals surface area (Å²) in [5, 5.41) is 6.01. The quantitative estimate of drug-likeness (QED) is 0.805. The van der Waals surface area contributed by atoms with Gasteiger partial charge in [-0.2, -0.15) is 0 Å². The molecule has 1 heterocycles. The predicted octanol–water partition coefficient (Wildman–Crippen LogP) is 3.33. The molecule has 0 spiro atoms. The summed E-state index contributed by atoms with van der Waals surface area (Å²) in [5.74, 6) is 0.652. The second kappa shape index (κ2) is 8.11. The van der Waals surface area contributed by atoms with E-state index < -0.39 is 0 Å². The SMILES string of the molecule is O=C(NCCCOc1ccccc1Cl)Nc1cccnc1. The first-order valence-corrected chi connectivity index (χ1v) is 6.96. The average Bonchev–Trinajstić information content (AvgIpc) is 2.50. The van der Waals surface area contributed by atoms with Gasteiger partial charge in [0.1, 0.15) is 5.75 Å². The number of halogens is 1. The Morgan fingerprint density at radius 3 is 2.86 bits per heavy atom. The molecule has 0 aliphatic heterocycles. The van der Waals surface area contributed by atoms with Crippen LogP contribution in [0.3, 0.4) is 0 Å². The molecule has 0 fully saturated rings. The molecule has 2 amide bonds. The number of urea groups is 1. The topological polar surface area (TPSA) is 63.2 Å². The largest absolute Gasteiger partial charge is 0.492 e. The number of carbonyl (C=O) groups is 1. The molecular weight excluding hydrogens is 290 g/mol. The molecule has 5 nitrogen and oxygen atoms in total. The first-order valence-electron chi connectivity index (χ1n) is 6.58. The third-order valence-electron chi connectivity index (χ3n) is 2.62. The van der Waals surface area contributed by atoms with Crippen molar-refractivity contribution in [2.45, 2.75) is 6.42 Å². The van der Waals surface area contributed by atoms with Gasteiger partial charge in [-0.15, -0.1) is 0 Å². The summed E-state index contributed by atoms with van der Waals surface area (Å²) < 4.78 is 5.52. The van der Waals surface area contributed by atoms with E-state index in [4.69, 9.17) is 16.3 Å². The Labute approximate surface area is 128 Å². The zero-order valence-corrected chi connectivity index (χ0v) is 12.1. The smallest absolute Gasteiger partial charge is 0.319 e. The van der Waals surface area contributed by atoms with Crippen LogP contribution < -0.4 is 15.4 Å². The van der Waals surface area contributed by atoms with Crippen LogP contribution in [0.15, 0.2) is 48.8 Å². The first kappa shape index (κ1) is 15.1. The number of benzene rings is 1. The maximum atomic E-state index is 11.6. The van der Waals surface area contributed by atoms with Crippen molar-refractivity contribution in [2.75, 3.05) is 18.5 Å². The highest BCUT2D eigenvalue weighted by Gasteiger charge is 2.02. The normalized spacial score (nSPS) is 9.95. The highest BCUT2D eigenvalue weighted by molar-refractivity contribution is 6.32. The van der Waals surface area contributed by atoms with Crippen LogP contribution in [-0.2, 0) is 0 Å². The van der Waals surface area contributed by atoms with Crippen LogP contribution >= 0.6 is 11.6 Å². The zero-order chi connectivity index (χ0) is 14.9. The van der Waals surface area contributed by atoms with Gasteiger partial charge in [-0.05, 0) is 30.7 Å². The molecule has 0 aliphatic rings. The minimum Gasteiger partial charge on any atom is -0.492 e. The molecule has 2 rings (SSSR count). The first-order chi connectivity index (χ1) is 10.3. The highest BCUT2D eigenvalue weighted by Crippen LogP contribution is 2.22. The molecule has 0 aliphatic carbocycles. The van der Waals surface area contributed by atoms with Crippen LogP contribution in [0.4, 0.5) is 10.5 Å². The monoisotopic (exact) mass is 305 g/mol. The van der Waals surface area contributed by atoms with Gasteiger partial charge in [-0.1, -0.05) is 23.7 Å². The van der Waals surface area contributed by atoms with E-state index in [0.29, 0.717) is 36.0 Å². The van der Waals surface area contributed by atoms with Crippen molar-refractivity contribution in [3.8, 4) is 5.75 Å². The maximum absolute atomic E-state index is 11.6. The Kier molecular flexibility index (Phi) is 5.84. The van der Waals surface area contributed by atoms with E-state index in [1.54, 1.807) is 30.6 Å². The molecule has 21 heavy (non-hydrogen) atoms. The second-order valence-electron chi connectivity index (χ2n) is 4.26. The van der Waals surface area contributed by atoms with E-state index in [0.717, 1.165) is 0 Å². The van der Waals surface area contributed by atoms with Gasteiger partial charge in [-0.3, -0.25) is 4.98 Å². The molecule has 110 valence electrons. The third kappa shape index (κ3) is 5.31.